The van der Waals surface area contributed by atoms with E-state index < -0.39 is 12.1 Å². The Morgan fingerprint density at radius 2 is 2.03 bits per heavy atom. The zero-order valence-electron chi connectivity index (χ0n) is 16.8. The lowest BCUT2D eigenvalue weighted by Gasteiger charge is -2.16. The number of alkyl halides is 3. The first kappa shape index (κ1) is 25.4. The van der Waals surface area contributed by atoms with E-state index in [4.69, 9.17) is 26.2 Å². The first-order valence-electron chi connectivity index (χ1n) is 9.54. The van der Waals surface area contributed by atoms with Crippen molar-refractivity contribution in [3.63, 3.8) is 0 Å². The molecule has 174 valence electrons. The van der Waals surface area contributed by atoms with E-state index in [2.05, 4.69) is 20.9 Å². The lowest BCUT2D eigenvalue weighted by Crippen LogP contribution is -2.32. The second-order valence-electron chi connectivity index (χ2n) is 6.63. The molecule has 1 atom stereocenters. The van der Waals surface area contributed by atoms with Crippen LogP contribution in [0.25, 0.3) is 0 Å². The normalized spacial score (nSPS) is 16.2. The highest BCUT2D eigenvalue weighted by Gasteiger charge is 2.38. The maximum atomic E-state index is 12.2. The third-order valence-electron chi connectivity index (χ3n) is 4.08. The molecule has 8 nitrogen and oxygen atoms in total. The summed E-state index contributed by atoms with van der Waals surface area (Å²) >= 11 is 5.92. The van der Waals surface area contributed by atoms with E-state index >= 15 is 0 Å². The molecule has 2 aromatic rings. The van der Waals surface area contributed by atoms with Gasteiger partial charge >= 0.3 is 12.1 Å². The van der Waals surface area contributed by atoms with Crippen molar-refractivity contribution in [1.29, 1.82) is 0 Å². The van der Waals surface area contributed by atoms with Gasteiger partial charge in [0.15, 0.2) is 0 Å². The number of ether oxygens (including phenoxy) is 1. The molecule has 0 bridgehead atoms. The number of carbonyl (C=O) groups excluding carboxylic acids is 1. The number of nitrogens with one attached hydrogen (secondary N) is 3. The molecule has 32 heavy (non-hydrogen) atoms. The lowest BCUT2D eigenvalue weighted by molar-refractivity contribution is -0.192. The monoisotopic (exact) mass is 474 g/mol. The fourth-order valence-electron chi connectivity index (χ4n) is 2.52. The summed E-state index contributed by atoms with van der Waals surface area (Å²) in [5, 5.41) is 17.1. The van der Waals surface area contributed by atoms with Crippen molar-refractivity contribution in [2.45, 2.75) is 18.7 Å². The highest BCUT2D eigenvalue weighted by atomic mass is 35.5. The summed E-state index contributed by atoms with van der Waals surface area (Å²) in [7, 11) is 0. The maximum absolute atomic E-state index is 12.2. The van der Waals surface area contributed by atoms with Crippen LogP contribution in [0.2, 0.25) is 5.02 Å². The minimum absolute atomic E-state index is 0.120. The summed E-state index contributed by atoms with van der Waals surface area (Å²) in [4.78, 5) is 25.4. The minimum atomic E-state index is -5.08. The predicted molar refractivity (Wildman–Crippen MR) is 113 cm³/mol. The van der Waals surface area contributed by atoms with Gasteiger partial charge in [-0.3, -0.25) is 4.79 Å². The van der Waals surface area contributed by atoms with Gasteiger partial charge in [0.05, 0.1) is 11.7 Å². The molecule has 4 N–H and O–H groups in total. The number of benzene rings is 1. The van der Waals surface area contributed by atoms with Gasteiger partial charge in [-0.05, 0) is 43.3 Å². The van der Waals surface area contributed by atoms with Crippen molar-refractivity contribution < 1.29 is 32.6 Å². The molecule has 2 heterocycles. The van der Waals surface area contributed by atoms with Crippen molar-refractivity contribution in [1.82, 2.24) is 10.3 Å². The Hall–Kier alpha value is -2.89. The Bertz CT molecular complexity index is 889. The van der Waals surface area contributed by atoms with E-state index in [0.717, 1.165) is 26.1 Å². The number of amides is 1. The van der Waals surface area contributed by atoms with Crippen LogP contribution >= 0.6 is 11.6 Å². The van der Waals surface area contributed by atoms with Crippen LogP contribution in [0, 0.1) is 0 Å². The van der Waals surface area contributed by atoms with Gasteiger partial charge in [0.2, 0.25) is 0 Å². The van der Waals surface area contributed by atoms with Crippen LogP contribution in [0.5, 0.6) is 0 Å². The van der Waals surface area contributed by atoms with E-state index in [9.17, 15) is 18.0 Å². The first-order valence-corrected chi connectivity index (χ1v) is 9.92. The summed E-state index contributed by atoms with van der Waals surface area (Å²) < 4.78 is 37.5. The number of carboxylic acid groups (broad SMARTS) is 1. The molecule has 1 aliphatic heterocycles. The van der Waals surface area contributed by atoms with Crippen molar-refractivity contribution in [2.75, 3.05) is 36.9 Å². The second-order valence-corrected chi connectivity index (χ2v) is 7.07. The molecule has 1 fully saturated rings. The number of carboxylic acids is 1. The van der Waals surface area contributed by atoms with Crippen LogP contribution in [0.1, 0.15) is 16.8 Å². The van der Waals surface area contributed by atoms with Gasteiger partial charge in [-0.2, -0.15) is 13.2 Å². The quantitative estimate of drug-likeness (QED) is 0.525. The molecular formula is C20H22ClF3N4O4. The third-order valence-corrected chi connectivity index (χ3v) is 4.32. The van der Waals surface area contributed by atoms with E-state index in [1.165, 1.54) is 0 Å². The number of halogens is 4. The van der Waals surface area contributed by atoms with Crippen LogP contribution < -0.4 is 16.0 Å². The van der Waals surface area contributed by atoms with Crippen LogP contribution in [0.15, 0.2) is 42.6 Å². The van der Waals surface area contributed by atoms with E-state index in [1.54, 1.807) is 42.6 Å². The molecule has 12 heteroatoms. The number of rotatable bonds is 5. The molecule has 0 radical (unpaired) electrons. The summed E-state index contributed by atoms with van der Waals surface area (Å²) in [6, 6.07) is 10.6. The zero-order chi connectivity index (χ0) is 23.6. The van der Waals surface area contributed by atoms with Gasteiger partial charge in [-0.15, -0.1) is 0 Å². The van der Waals surface area contributed by atoms with E-state index in [-0.39, 0.29) is 12.0 Å². The second kappa shape index (κ2) is 12.2. The summed E-state index contributed by atoms with van der Waals surface area (Å²) in [6.07, 6.45) is -2.38. The van der Waals surface area contributed by atoms with Crippen LogP contribution in [0.3, 0.4) is 0 Å². The van der Waals surface area contributed by atoms with E-state index in [1.807, 2.05) is 0 Å². The number of nitrogens with zero attached hydrogens (tertiary/aromatic N) is 1. The topological polar surface area (TPSA) is 113 Å². The number of anilines is 2. The van der Waals surface area contributed by atoms with Crippen molar-refractivity contribution in [3.8, 4) is 0 Å². The van der Waals surface area contributed by atoms with Crippen LogP contribution in [-0.4, -0.2) is 60.5 Å². The number of carbonyl (C=O) groups is 2. The molecule has 1 amide bonds. The molecule has 1 unspecified atom stereocenters. The first-order chi connectivity index (χ1) is 15.1. The average Bonchev–Trinajstić information content (AvgIpc) is 3.01. The summed E-state index contributed by atoms with van der Waals surface area (Å²) in [5.74, 6) is -2.27. The summed E-state index contributed by atoms with van der Waals surface area (Å²) in [6.45, 7) is 3.27. The van der Waals surface area contributed by atoms with Crippen molar-refractivity contribution in [3.05, 3.63) is 53.2 Å². The molecule has 3 rings (SSSR count). The Kier molecular flexibility index (Phi) is 9.69. The predicted octanol–water partition coefficient (Wildman–Crippen LogP) is 3.41. The SMILES string of the molecule is O=C(Nc1cccc(Cl)c1)c1ccc(NCC2CNCCCO2)nc1.O=C(O)C(F)(F)F. The van der Waals surface area contributed by atoms with Gasteiger partial charge in [-0.25, -0.2) is 9.78 Å². The Morgan fingerprint density at radius 1 is 1.28 bits per heavy atom. The highest BCUT2D eigenvalue weighted by molar-refractivity contribution is 6.30. The Labute approximate surface area is 187 Å². The number of hydrogen-bond donors (Lipinski definition) is 4. The van der Waals surface area contributed by atoms with Crippen LogP contribution in [0.4, 0.5) is 24.7 Å². The molecule has 0 spiro atoms. The molecule has 0 aliphatic carbocycles. The fraction of sp³-hybridized carbons (Fsp3) is 0.350. The average molecular weight is 475 g/mol. The molecule has 1 aliphatic rings. The number of aliphatic carboxylic acids is 1. The number of pyridine rings is 1. The number of aromatic nitrogens is 1. The van der Waals surface area contributed by atoms with Gasteiger partial charge in [-0.1, -0.05) is 17.7 Å². The Balaban J connectivity index is 0.000000451. The Morgan fingerprint density at radius 3 is 2.66 bits per heavy atom. The molecular weight excluding hydrogens is 453 g/mol. The maximum Gasteiger partial charge on any atom is 0.490 e. The smallest absolute Gasteiger partial charge is 0.475 e. The van der Waals surface area contributed by atoms with Gasteiger partial charge in [0.1, 0.15) is 5.82 Å². The highest BCUT2D eigenvalue weighted by Crippen LogP contribution is 2.16. The van der Waals surface area contributed by atoms with Gasteiger partial charge in [0, 0.05) is 36.6 Å². The molecule has 1 saturated heterocycles. The summed E-state index contributed by atoms with van der Waals surface area (Å²) in [5.41, 5.74) is 1.13. The molecule has 0 saturated carbocycles. The van der Waals surface area contributed by atoms with Crippen LogP contribution in [-0.2, 0) is 9.53 Å². The minimum Gasteiger partial charge on any atom is -0.475 e. The molecule has 1 aromatic heterocycles. The molecule has 1 aromatic carbocycles. The fourth-order valence-corrected chi connectivity index (χ4v) is 2.71. The standard InChI is InChI=1S/C18H21ClN4O2.C2HF3O2/c19-14-3-1-4-15(9-14)23-18(24)13-5-6-17(21-10-13)22-12-16-11-20-7-2-8-25-16;3-2(4,5)1(6)7/h1,3-6,9-10,16,20H,2,7-8,11-12H2,(H,21,22)(H,23,24);(H,6,7). The van der Waals surface area contributed by atoms with E-state index in [0.29, 0.717) is 28.6 Å². The van der Waals surface area contributed by atoms with Crippen molar-refractivity contribution in [2.24, 2.45) is 0 Å². The number of hydrogen-bond acceptors (Lipinski definition) is 6. The van der Waals surface area contributed by atoms with Gasteiger partial charge in [0.25, 0.3) is 5.91 Å². The van der Waals surface area contributed by atoms with Crippen molar-refractivity contribution >= 4 is 35.0 Å². The largest absolute Gasteiger partial charge is 0.490 e. The van der Waals surface area contributed by atoms with Gasteiger partial charge < -0.3 is 25.8 Å². The third kappa shape index (κ3) is 9.08. The lowest BCUT2D eigenvalue weighted by atomic mass is 10.2. The zero-order valence-corrected chi connectivity index (χ0v) is 17.5.